The predicted octanol–water partition coefficient (Wildman–Crippen LogP) is 4.01. The van der Waals surface area contributed by atoms with E-state index in [9.17, 15) is 4.39 Å². The van der Waals surface area contributed by atoms with Gasteiger partial charge in [0.25, 0.3) is 0 Å². The van der Waals surface area contributed by atoms with Gasteiger partial charge in [-0.1, -0.05) is 17.7 Å². The molecule has 0 bridgehead atoms. The van der Waals surface area contributed by atoms with Crippen LogP contribution in [0.2, 0.25) is 5.02 Å². The molecule has 3 nitrogen and oxygen atoms in total. The lowest BCUT2D eigenvalue weighted by atomic mass is 9.93. The summed E-state index contributed by atoms with van der Waals surface area (Å²) in [6.45, 7) is 0. The molecular weight excluding hydrogens is 293 g/mol. The van der Waals surface area contributed by atoms with Crippen LogP contribution < -0.4 is 15.2 Å². The minimum atomic E-state index is -0.418. The van der Waals surface area contributed by atoms with Gasteiger partial charge in [-0.25, -0.2) is 4.39 Å². The van der Waals surface area contributed by atoms with Crippen LogP contribution >= 0.6 is 11.6 Å². The second kappa shape index (κ2) is 5.54. The van der Waals surface area contributed by atoms with Gasteiger partial charge in [-0.05, 0) is 30.3 Å². The largest absolute Gasteiger partial charge is 0.497 e. The highest BCUT2D eigenvalue weighted by atomic mass is 35.5. The van der Waals surface area contributed by atoms with Crippen LogP contribution in [-0.4, -0.2) is 7.11 Å². The standard InChI is InChI=1S/C16H15ClFNO2/c1-20-10-3-5-15-12(7-10)14(19)8-16(21-15)11-4-2-9(17)6-13(11)18/h2-7,14,16H,8,19H2,1H3/t14-,16?/m1/s1. The first-order chi connectivity index (χ1) is 10.1. The summed E-state index contributed by atoms with van der Waals surface area (Å²) in [5, 5.41) is 0.362. The van der Waals surface area contributed by atoms with Crippen LogP contribution in [-0.2, 0) is 0 Å². The summed E-state index contributed by atoms with van der Waals surface area (Å²) in [4.78, 5) is 0. The molecule has 21 heavy (non-hydrogen) atoms. The molecule has 0 fully saturated rings. The van der Waals surface area contributed by atoms with Crippen LogP contribution in [0.5, 0.6) is 11.5 Å². The third-order valence-electron chi connectivity index (χ3n) is 3.66. The van der Waals surface area contributed by atoms with E-state index in [-0.39, 0.29) is 11.9 Å². The van der Waals surface area contributed by atoms with Gasteiger partial charge in [-0.2, -0.15) is 0 Å². The maximum absolute atomic E-state index is 14.0. The number of nitrogens with two attached hydrogens (primary N) is 1. The van der Waals surface area contributed by atoms with Crippen molar-refractivity contribution in [3.8, 4) is 11.5 Å². The van der Waals surface area contributed by atoms with Crippen molar-refractivity contribution in [3.05, 3.63) is 58.4 Å². The van der Waals surface area contributed by atoms with Crippen molar-refractivity contribution < 1.29 is 13.9 Å². The lowest BCUT2D eigenvalue weighted by molar-refractivity contribution is 0.157. The van der Waals surface area contributed by atoms with E-state index < -0.39 is 6.10 Å². The molecule has 2 aromatic rings. The molecular formula is C16H15ClFNO2. The van der Waals surface area contributed by atoms with Gasteiger partial charge in [0.15, 0.2) is 0 Å². The Kier molecular flexibility index (Phi) is 3.74. The summed E-state index contributed by atoms with van der Waals surface area (Å²) in [5.74, 6) is 1.01. The molecule has 2 atom stereocenters. The number of rotatable bonds is 2. The monoisotopic (exact) mass is 307 g/mol. The van der Waals surface area contributed by atoms with Gasteiger partial charge in [0.2, 0.25) is 0 Å². The molecule has 0 saturated carbocycles. The van der Waals surface area contributed by atoms with E-state index in [1.165, 1.54) is 6.07 Å². The Morgan fingerprint density at radius 1 is 1.24 bits per heavy atom. The van der Waals surface area contributed by atoms with Crippen molar-refractivity contribution in [2.24, 2.45) is 5.73 Å². The number of benzene rings is 2. The fraction of sp³-hybridized carbons (Fsp3) is 0.250. The Bertz CT molecular complexity index is 677. The van der Waals surface area contributed by atoms with E-state index in [1.807, 2.05) is 6.07 Å². The molecule has 2 N–H and O–H groups in total. The van der Waals surface area contributed by atoms with E-state index >= 15 is 0 Å². The van der Waals surface area contributed by atoms with Crippen molar-refractivity contribution in [1.29, 1.82) is 0 Å². The number of ether oxygens (including phenoxy) is 2. The van der Waals surface area contributed by atoms with Crippen LogP contribution in [0.25, 0.3) is 0 Å². The highest BCUT2D eigenvalue weighted by molar-refractivity contribution is 6.30. The second-order valence-electron chi connectivity index (χ2n) is 5.02. The van der Waals surface area contributed by atoms with Gasteiger partial charge in [-0.3, -0.25) is 0 Å². The Balaban J connectivity index is 1.94. The molecule has 0 saturated heterocycles. The van der Waals surface area contributed by atoms with Crippen LogP contribution in [0.15, 0.2) is 36.4 Å². The maximum Gasteiger partial charge on any atom is 0.131 e. The quantitative estimate of drug-likeness (QED) is 0.911. The molecule has 110 valence electrons. The summed E-state index contributed by atoms with van der Waals surface area (Å²) in [5.41, 5.74) is 7.54. The zero-order valence-corrected chi connectivity index (χ0v) is 12.2. The minimum Gasteiger partial charge on any atom is -0.497 e. The summed E-state index contributed by atoms with van der Waals surface area (Å²) < 4.78 is 25.1. The number of methoxy groups -OCH3 is 1. The summed E-state index contributed by atoms with van der Waals surface area (Å²) in [7, 11) is 1.60. The molecule has 2 aromatic carbocycles. The van der Waals surface area contributed by atoms with Crippen molar-refractivity contribution in [2.75, 3.05) is 7.11 Å². The second-order valence-corrected chi connectivity index (χ2v) is 5.45. The Labute approximate surface area is 127 Å². The van der Waals surface area contributed by atoms with E-state index in [1.54, 1.807) is 31.4 Å². The molecule has 1 aliphatic heterocycles. The van der Waals surface area contributed by atoms with Gasteiger partial charge in [-0.15, -0.1) is 0 Å². The molecule has 0 spiro atoms. The summed E-state index contributed by atoms with van der Waals surface area (Å²) >= 11 is 5.78. The third-order valence-corrected chi connectivity index (χ3v) is 3.90. The lowest BCUT2D eigenvalue weighted by Gasteiger charge is -2.31. The van der Waals surface area contributed by atoms with Crippen LogP contribution in [0.3, 0.4) is 0 Å². The molecule has 0 aromatic heterocycles. The maximum atomic E-state index is 14.0. The van der Waals surface area contributed by atoms with Gasteiger partial charge >= 0.3 is 0 Å². The first-order valence-electron chi connectivity index (χ1n) is 6.63. The fourth-order valence-electron chi connectivity index (χ4n) is 2.56. The zero-order valence-electron chi connectivity index (χ0n) is 11.5. The number of fused-ring (bicyclic) bond motifs is 1. The highest BCUT2D eigenvalue weighted by Gasteiger charge is 2.29. The molecule has 5 heteroatoms. The van der Waals surface area contributed by atoms with E-state index in [0.717, 1.165) is 11.3 Å². The average Bonchev–Trinajstić information content (AvgIpc) is 2.47. The van der Waals surface area contributed by atoms with Gasteiger partial charge in [0.05, 0.1) is 7.11 Å². The van der Waals surface area contributed by atoms with Crippen molar-refractivity contribution in [3.63, 3.8) is 0 Å². The predicted molar refractivity (Wildman–Crippen MR) is 79.3 cm³/mol. The Morgan fingerprint density at radius 3 is 2.76 bits per heavy atom. The molecule has 1 heterocycles. The van der Waals surface area contributed by atoms with Crippen LogP contribution in [0.4, 0.5) is 4.39 Å². The molecule has 0 radical (unpaired) electrons. The molecule has 1 aliphatic rings. The molecule has 0 aliphatic carbocycles. The van der Waals surface area contributed by atoms with E-state index in [0.29, 0.717) is 22.8 Å². The first-order valence-corrected chi connectivity index (χ1v) is 7.01. The SMILES string of the molecule is COc1ccc2c(c1)[C@H](N)CC(c1ccc(Cl)cc1F)O2. The fourth-order valence-corrected chi connectivity index (χ4v) is 2.72. The number of hydrogen-bond donors (Lipinski definition) is 1. The van der Waals surface area contributed by atoms with E-state index in [2.05, 4.69) is 0 Å². The van der Waals surface area contributed by atoms with E-state index in [4.69, 9.17) is 26.8 Å². The number of halogens is 2. The highest BCUT2D eigenvalue weighted by Crippen LogP contribution is 2.41. The van der Waals surface area contributed by atoms with Crippen molar-refractivity contribution in [2.45, 2.75) is 18.6 Å². The summed E-state index contributed by atoms with van der Waals surface area (Å²) in [6.07, 6.45) is 0.0804. The molecule has 0 amide bonds. The van der Waals surface area contributed by atoms with Crippen molar-refractivity contribution >= 4 is 11.6 Å². The number of hydrogen-bond acceptors (Lipinski definition) is 3. The first kappa shape index (κ1) is 14.2. The Morgan fingerprint density at radius 2 is 2.05 bits per heavy atom. The van der Waals surface area contributed by atoms with Crippen LogP contribution in [0.1, 0.15) is 29.7 Å². The molecule has 1 unspecified atom stereocenters. The topological polar surface area (TPSA) is 44.5 Å². The smallest absolute Gasteiger partial charge is 0.131 e. The van der Waals surface area contributed by atoms with Crippen molar-refractivity contribution in [1.82, 2.24) is 0 Å². The van der Waals surface area contributed by atoms with Gasteiger partial charge in [0, 0.05) is 28.6 Å². The van der Waals surface area contributed by atoms with Crippen LogP contribution in [0, 0.1) is 5.82 Å². The third kappa shape index (κ3) is 2.69. The van der Waals surface area contributed by atoms with Gasteiger partial charge < -0.3 is 15.2 Å². The average molecular weight is 308 g/mol. The Hall–Kier alpha value is -1.78. The lowest BCUT2D eigenvalue weighted by Crippen LogP contribution is -2.24. The minimum absolute atomic E-state index is 0.232. The normalized spacial score (nSPS) is 20.6. The molecule has 3 rings (SSSR count). The van der Waals surface area contributed by atoms with Gasteiger partial charge in [0.1, 0.15) is 23.4 Å². The zero-order chi connectivity index (χ0) is 15.0. The summed E-state index contributed by atoms with van der Waals surface area (Å²) in [6, 6.07) is 9.80.